The highest BCUT2D eigenvalue weighted by Crippen LogP contribution is 2.21. The molecular formula is C21H30N4O3S2. The van der Waals surface area contributed by atoms with Crippen LogP contribution in [0.4, 0.5) is 5.13 Å². The van der Waals surface area contributed by atoms with Crippen molar-refractivity contribution in [3.63, 3.8) is 0 Å². The lowest BCUT2D eigenvalue weighted by Crippen LogP contribution is -2.32. The number of sulfonamides is 1. The van der Waals surface area contributed by atoms with Crippen molar-refractivity contribution in [3.8, 4) is 0 Å². The Bertz CT molecular complexity index is 949. The first kappa shape index (κ1) is 22.9. The van der Waals surface area contributed by atoms with E-state index >= 15 is 0 Å². The summed E-state index contributed by atoms with van der Waals surface area (Å²) in [7, 11) is -3.58. The highest BCUT2D eigenvalue weighted by Gasteiger charge is 2.19. The second kappa shape index (κ2) is 10.00. The van der Waals surface area contributed by atoms with E-state index in [-0.39, 0.29) is 16.8 Å². The molecule has 30 heavy (non-hydrogen) atoms. The number of rotatable bonds is 8. The third kappa shape index (κ3) is 6.10. The Balaban J connectivity index is 1.58. The smallest absolute Gasteiger partial charge is 0.257 e. The molecular weight excluding hydrogens is 420 g/mol. The zero-order valence-corrected chi connectivity index (χ0v) is 19.4. The van der Waals surface area contributed by atoms with Crippen LogP contribution in [-0.2, 0) is 16.6 Å². The van der Waals surface area contributed by atoms with Gasteiger partial charge in [-0.05, 0) is 69.5 Å². The van der Waals surface area contributed by atoms with Gasteiger partial charge in [0, 0.05) is 23.5 Å². The number of carbonyl (C=O) groups excluding carboxylic acids is 1. The molecule has 3 rings (SSSR count). The predicted octanol–water partition coefficient (Wildman–Crippen LogP) is 3.70. The fourth-order valence-corrected chi connectivity index (χ4v) is 5.28. The average Bonchev–Trinajstić information content (AvgIpc) is 3.16. The van der Waals surface area contributed by atoms with Gasteiger partial charge in [0.2, 0.25) is 10.0 Å². The van der Waals surface area contributed by atoms with Crippen LogP contribution in [0.2, 0.25) is 0 Å². The van der Waals surface area contributed by atoms with Gasteiger partial charge >= 0.3 is 0 Å². The third-order valence-electron chi connectivity index (χ3n) is 5.43. The lowest BCUT2D eigenvalue weighted by Gasteiger charge is -2.29. The fraction of sp³-hybridized carbons (Fsp3) is 0.524. The molecule has 0 saturated carbocycles. The number of amides is 1. The van der Waals surface area contributed by atoms with Gasteiger partial charge in [0.15, 0.2) is 5.13 Å². The number of hydrogen-bond donors (Lipinski definition) is 2. The number of hydrogen-bond acceptors (Lipinski definition) is 6. The molecule has 164 valence electrons. The van der Waals surface area contributed by atoms with Gasteiger partial charge in [0.05, 0.1) is 10.6 Å². The van der Waals surface area contributed by atoms with Crippen LogP contribution in [0.3, 0.4) is 0 Å². The van der Waals surface area contributed by atoms with Crippen LogP contribution in [0.15, 0.2) is 34.5 Å². The molecule has 1 amide bonds. The van der Waals surface area contributed by atoms with Gasteiger partial charge in [-0.1, -0.05) is 13.8 Å². The monoisotopic (exact) mass is 450 g/mol. The van der Waals surface area contributed by atoms with Crippen LogP contribution in [0.25, 0.3) is 0 Å². The summed E-state index contributed by atoms with van der Waals surface area (Å²) in [6.45, 7) is 8.99. The maximum atomic E-state index is 12.5. The van der Waals surface area contributed by atoms with Crippen molar-refractivity contribution in [3.05, 3.63) is 40.9 Å². The Labute approximate surface area is 183 Å². The summed E-state index contributed by atoms with van der Waals surface area (Å²) < 4.78 is 27.3. The molecule has 1 aromatic heterocycles. The number of nitrogens with zero attached hydrogens (tertiary/aromatic N) is 2. The van der Waals surface area contributed by atoms with Gasteiger partial charge in [-0.3, -0.25) is 15.0 Å². The molecule has 0 aliphatic carbocycles. The largest absolute Gasteiger partial charge is 0.298 e. The summed E-state index contributed by atoms with van der Waals surface area (Å²) in [5.74, 6) is 0.486. The standard InChI is InChI=1S/C21H30N4O3S2/c1-4-16(3)24-30(27,28)19-7-5-17(6-8-19)20(26)23-21-22-18(14-29-21)13-25-11-9-15(2)10-12-25/h5-8,14-16,24H,4,9-13H2,1-3H3,(H,22,23,26)/t16-/m0/s1. The number of nitrogens with one attached hydrogen (secondary N) is 2. The van der Waals surface area contributed by atoms with E-state index in [1.54, 1.807) is 0 Å². The van der Waals surface area contributed by atoms with Crippen LogP contribution < -0.4 is 10.0 Å². The number of benzene rings is 1. The van der Waals surface area contributed by atoms with E-state index in [2.05, 4.69) is 26.8 Å². The number of likely N-dealkylation sites (tertiary alicyclic amines) is 1. The predicted molar refractivity (Wildman–Crippen MR) is 120 cm³/mol. The van der Waals surface area contributed by atoms with Crippen molar-refractivity contribution in [1.29, 1.82) is 0 Å². The molecule has 7 nitrogen and oxygen atoms in total. The van der Waals surface area contributed by atoms with Crippen molar-refractivity contribution in [2.75, 3.05) is 18.4 Å². The minimum atomic E-state index is -3.58. The molecule has 9 heteroatoms. The molecule has 2 heterocycles. The SMILES string of the molecule is CC[C@H](C)NS(=O)(=O)c1ccc(C(=O)Nc2nc(CN3CCC(C)CC3)cs2)cc1. The van der Waals surface area contributed by atoms with E-state index in [4.69, 9.17) is 0 Å². The first-order chi connectivity index (χ1) is 14.3. The first-order valence-corrected chi connectivity index (χ1v) is 12.7. The molecule has 1 aromatic carbocycles. The number of carbonyl (C=O) groups is 1. The summed E-state index contributed by atoms with van der Waals surface area (Å²) in [4.78, 5) is 19.6. The molecule has 1 atom stereocenters. The van der Waals surface area contributed by atoms with Crippen LogP contribution in [0, 0.1) is 5.92 Å². The van der Waals surface area contributed by atoms with Crippen molar-refractivity contribution in [2.45, 2.75) is 57.5 Å². The van der Waals surface area contributed by atoms with Crippen molar-refractivity contribution in [2.24, 2.45) is 5.92 Å². The van der Waals surface area contributed by atoms with E-state index < -0.39 is 10.0 Å². The van der Waals surface area contributed by atoms with Crippen LogP contribution >= 0.6 is 11.3 Å². The van der Waals surface area contributed by atoms with Crippen molar-refractivity contribution in [1.82, 2.24) is 14.6 Å². The maximum absolute atomic E-state index is 12.5. The highest BCUT2D eigenvalue weighted by molar-refractivity contribution is 7.89. The lowest BCUT2D eigenvalue weighted by molar-refractivity contribution is 0.102. The number of thiazole rings is 1. The Morgan fingerprint density at radius 2 is 1.93 bits per heavy atom. The molecule has 1 aliphatic heterocycles. The Kier molecular flexibility index (Phi) is 7.62. The molecule has 2 aromatic rings. The quantitative estimate of drug-likeness (QED) is 0.640. The summed E-state index contributed by atoms with van der Waals surface area (Å²) in [6.07, 6.45) is 3.13. The van der Waals surface area contributed by atoms with Crippen molar-refractivity contribution < 1.29 is 13.2 Å². The van der Waals surface area contributed by atoms with Gasteiger partial charge in [0.1, 0.15) is 0 Å². The zero-order chi connectivity index (χ0) is 21.7. The van der Waals surface area contributed by atoms with Crippen LogP contribution in [0.5, 0.6) is 0 Å². The van der Waals surface area contributed by atoms with Crippen molar-refractivity contribution >= 4 is 32.4 Å². The van der Waals surface area contributed by atoms with E-state index in [1.165, 1.54) is 48.4 Å². The molecule has 1 fully saturated rings. The zero-order valence-electron chi connectivity index (χ0n) is 17.7. The van der Waals surface area contributed by atoms with Gasteiger partial charge in [-0.2, -0.15) is 0 Å². The molecule has 0 bridgehead atoms. The molecule has 2 N–H and O–H groups in total. The molecule has 1 saturated heterocycles. The van der Waals surface area contributed by atoms with Gasteiger partial charge in [-0.25, -0.2) is 18.1 Å². The lowest BCUT2D eigenvalue weighted by atomic mass is 9.99. The average molecular weight is 451 g/mol. The normalized spacial score (nSPS) is 17.0. The summed E-state index contributed by atoms with van der Waals surface area (Å²) in [5, 5.41) is 5.33. The van der Waals surface area contributed by atoms with Gasteiger partial charge in [0.25, 0.3) is 5.91 Å². The molecule has 0 spiro atoms. The van der Waals surface area contributed by atoms with E-state index in [1.807, 2.05) is 19.2 Å². The molecule has 0 unspecified atom stereocenters. The first-order valence-electron chi connectivity index (χ1n) is 10.4. The van der Waals surface area contributed by atoms with Crippen LogP contribution in [0.1, 0.15) is 56.1 Å². The van der Waals surface area contributed by atoms with Crippen LogP contribution in [-0.4, -0.2) is 43.3 Å². The van der Waals surface area contributed by atoms with E-state index in [9.17, 15) is 13.2 Å². The third-order valence-corrected chi connectivity index (χ3v) is 7.84. The minimum Gasteiger partial charge on any atom is -0.298 e. The Morgan fingerprint density at radius 1 is 1.27 bits per heavy atom. The van der Waals surface area contributed by atoms with E-state index in [0.29, 0.717) is 17.1 Å². The highest BCUT2D eigenvalue weighted by atomic mass is 32.2. The number of anilines is 1. The second-order valence-corrected chi connectivity index (χ2v) is 10.6. The maximum Gasteiger partial charge on any atom is 0.257 e. The second-order valence-electron chi connectivity index (χ2n) is 8.01. The summed E-state index contributed by atoms with van der Waals surface area (Å²) in [5.41, 5.74) is 1.35. The summed E-state index contributed by atoms with van der Waals surface area (Å²) in [6, 6.07) is 5.79. The topological polar surface area (TPSA) is 91.4 Å². The summed E-state index contributed by atoms with van der Waals surface area (Å²) >= 11 is 1.40. The minimum absolute atomic E-state index is 0.145. The number of aromatic nitrogens is 1. The van der Waals surface area contributed by atoms with Gasteiger partial charge in [-0.15, -0.1) is 11.3 Å². The van der Waals surface area contributed by atoms with Gasteiger partial charge < -0.3 is 0 Å². The molecule has 1 aliphatic rings. The fourth-order valence-electron chi connectivity index (χ4n) is 3.26. The van der Waals surface area contributed by atoms with E-state index in [0.717, 1.165) is 31.2 Å². The Hall–Kier alpha value is -1.81. The molecule has 0 radical (unpaired) electrons. The Morgan fingerprint density at radius 3 is 2.57 bits per heavy atom. The number of piperidine rings is 1.